The van der Waals surface area contributed by atoms with E-state index in [9.17, 15) is 44.4 Å². The van der Waals surface area contributed by atoms with Gasteiger partial charge in [-0.15, -0.1) is 23.1 Å². The van der Waals surface area contributed by atoms with Crippen LogP contribution in [0.15, 0.2) is 40.0 Å². The van der Waals surface area contributed by atoms with Gasteiger partial charge in [0.1, 0.15) is 29.4 Å². The standard InChI is InChI=1S/C23H21N5O11S2/c1-8(29)38-5-10-6-40-20-15(19(33)28(20)16(10)21(34)35)26-18(32)14(11-7-41-23(24)25-11)27-39-17(22(36)37)9-2-3-12(30)13(31)4-9/h2-4,7,15,17,20,30-31H,5-6H2,1H3,(H2,24,25)(H,26,32)(H,34,35)(H,36,37)/b27-14+. The molecule has 0 spiro atoms. The van der Waals surface area contributed by atoms with Crippen molar-refractivity contribution in [3.05, 3.63) is 46.1 Å². The number of nitrogens with zero attached hydrogens (tertiary/aromatic N) is 3. The van der Waals surface area contributed by atoms with Gasteiger partial charge in [0.15, 0.2) is 22.3 Å². The first-order chi connectivity index (χ1) is 19.4. The van der Waals surface area contributed by atoms with Crippen molar-refractivity contribution in [1.82, 2.24) is 15.2 Å². The van der Waals surface area contributed by atoms with Crippen LogP contribution in [0.1, 0.15) is 24.3 Å². The maximum Gasteiger partial charge on any atom is 0.352 e. The third-order valence-electron chi connectivity index (χ3n) is 5.74. The number of benzene rings is 1. The van der Waals surface area contributed by atoms with Crippen LogP contribution in [0.25, 0.3) is 0 Å². The van der Waals surface area contributed by atoms with Gasteiger partial charge in [-0.1, -0.05) is 11.2 Å². The number of carbonyl (C=O) groups excluding carboxylic acids is 3. The Bertz CT molecular complexity index is 1500. The molecule has 16 nitrogen and oxygen atoms in total. The molecule has 0 radical (unpaired) electrons. The number of nitrogens with one attached hydrogen (secondary N) is 1. The summed E-state index contributed by atoms with van der Waals surface area (Å²) < 4.78 is 4.89. The van der Waals surface area contributed by atoms with Crippen LogP contribution in [0.2, 0.25) is 0 Å². The van der Waals surface area contributed by atoms with E-state index in [1.54, 1.807) is 0 Å². The average molecular weight is 608 g/mol. The van der Waals surface area contributed by atoms with Crippen molar-refractivity contribution >= 4 is 63.7 Å². The monoisotopic (exact) mass is 607 g/mol. The second kappa shape index (κ2) is 11.7. The van der Waals surface area contributed by atoms with Crippen LogP contribution in [-0.2, 0) is 33.5 Å². The number of oxime groups is 1. The number of hydrogen-bond donors (Lipinski definition) is 6. The molecule has 1 saturated heterocycles. The van der Waals surface area contributed by atoms with Crippen molar-refractivity contribution in [3.63, 3.8) is 0 Å². The number of nitrogens with two attached hydrogens (primary N) is 1. The van der Waals surface area contributed by atoms with Gasteiger partial charge in [-0.25, -0.2) is 14.6 Å². The highest BCUT2D eigenvalue weighted by Crippen LogP contribution is 2.40. The SMILES string of the molecule is CC(=O)OCC1=C(C(=O)O)N2C(=O)C(NC(=O)/C(=N/OC(C(=O)O)c3ccc(O)c(O)c3)c3csc(N)n3)C2SC1. The topological polar surface area (TPSA) is 251 Å². The smallest absolute Gasteiger partial charge is 0.352 e. The minimum Gasteiger partial charge on any atom is -0.504 e. The Kier molecular flexibility index (Phi) is 8.33. The average Bonchev–Trinajstić information content (AvgIpc) is 3.34. The van der Waals surface area contributed by atoms with Crippen LogP contribution in [0.5, 0.6) is 11.5 Å². The number of aromatic nitrogens is 1. The second-order valence-corrected chi connectivity index (χ2v) is 10.5. The zero-order valence-corrected chi connectivity index (χ0v) is 22.5. The number of amides is 2. The fraction of sp³-hybridized carbons (Fsp3) is 0.261. The maximum absolute atomic E-state index is 13.3. The van der Waals surface area contributed by atoms with Gasteiger partial charge in [0.25, 0.3) is 11.8 Å². The summed E-state index contributed by atoms with van der Waals surface area (Å²) in [5.41, 5.74) is 4.77. The summed E-state index contributed by atoms with van der Waals surface area (Å²) in [6.07, 6.45) is -1.83. The molecule has 18 heteroatoms. The van der Waals surface area contributed by atoms with E-state index in [0.717, 1.165) is 53.1 Å². The summed E-state index contributed by atoms with van der Waals surface area (Å²) in [6.45, 7) is 0.840. The van der Waals surface area contributed by atoms with Gasteiger partial charge in [-0.2, -0.15) is 0 Å². The molecule has 3 unspecified atom stereocenters. The number of thioether (sulfide) groups is 1. The zero-order chi connectivity index (χ0) is 30.0. The highest BCUT2D eigenvalue weighted by molar-refractivity contribution is 8.00. The normalized spacial score (nSPS) is 19.1. The minimum absolute atomic E-state index is 0.0454. The predicted molar refractivity (Wildman–Crippen MR) is 141 cm³/mol. The zero-order valence-electron chi connectivity index (χ0n) is 20.8. The summed E-state index contributed by atoms with van der Waals surface area (Å²) in [5.74, 6) is -6.36. The first-order valence-electron chi connectivity index (χ1n) is 11.4. The summed E-state index contributed by atoms with van der Waals surface area (Å²) in [6, 6.07) is 1.95. The molecule has 0 aliphatic carbocycles. The molecule has 3 heterocycles. The molecule has 4 rings (SSSR count). The number of nitrogen functional groups attached to an aromatic ring is 1. The first kappa shape index (κ1) is 29.2. The van der Waals surface area contributed by atoms with Crippen molar-refractivity contribution < 1.29 is 54.0 Å². The Morgan fingerprint density at radius 2 is 1.98 bits per heavy atom. The van der Waals surface area contributed by atoms with E-state index in [-0.39, 0.29) is 40.0 Å². The molecule has 7 N–H and O–H groups in total. The lowest BCUT2D eigenvalue weighted by Crippen LogP contribution is -2.71. The third kappa shape index (κ3) is 6.02. The van der Waals surface area contributed by atoms with Gasteiger partial charge in [0.05, 0.1) is 0 Å². The van der Waals surface area contributed by atoms with Gasteiger partial charge in [0, 0.05) is 29.2 Å². The summed E-state index contributed by atoms with van der Waals surface area (Å²) in [7, 11) is 0. The van der Waals surface area contributed by atoms with Gasteiger partial charge in [-0.3, -0.25) is 19.3 Å². The Balaban J connectivity index is 1.57. The number of anilines is 1. The van der Waals surface area contributed by atoms with E-state index in [1.807, 2.05) is 0 Å². The van der Waals surface area contributed by atoms with Gasteiger partial charge >= 0.3 is 17.9 Å². The molecular weight excluding hydrogens is 586 g/mol. The number of carboxylic acid groups (broad SMARTS) is 2. The number of aromatic hydroxyl groups is 2. The van der Waals surface area contributed by atoms with E-state index in [4.69, 9.17) is 15.3 Å². The molecule has 2 aliphatic rings. The molecular formula is C23H21N5O11S2. The van der Waals surface area contributed by atoms with Crippen LogP contribution < -0.4 is 11.1 Å². The van der Waals surface area contributed by atoms with Crippen molar-refractivity contribution in [2.75, 3.05) is 18.1 Å². The van der Waals surface area contributed by atoms with Gasteiger partial charge < -0.3 is 41.1 Å². The van der Waals surface area contributed by atoms with Crippen LogP contribution in [-0.4, -0.2) is 89.5 Å². The number of β-lactam (4-membered cyclic amide) rings is 1. The number of fused-ring (bicyclic) bond motifs is 1. The van der Waals surface area contributed by atoms with Crippen molar-refractivity contribution in [3.8, 4) is 11.5 Å². The summed E-state index contributed by atoms with van der Waals surface area (Å²) in [5, 5.41) is 45.3. The van der Waals surface area contributed by atoms with E-state index in [2.05, 4.69) is 15.5 Å². The Morgan fingerprint density at radius 3 is 2.56 bits per heavy atom. The quantitative estimate of drug-likeness (QED) is 0.0683. The number of phenolic OH excluding ortho intramolecular Hbond substituents is 2. The number of rotatable bonds is 10. The number of carbonyl (C=O) groups is 5. The van der Waals surface area contributed by atoms with E-state index >= 15 is 0 Å². The largest absolute Gasteiger partial charge is 0.504 e. The maximum atomic E-state index is 13.3. The van der Waals surface area contributed by atoms with E-state index in [0.29, 0.717) is 0 Å². The Morgan fingerprint density at radius 1 is 1.24 bits per heavy atom. The molecule has 1 aromatic heterocycles. The number of hydrogen-bond acceptors (Lipinski definition) is 14. The summed E-state index contributed by atoms with van der Waals surface area (Å²) in [4.78, 5) is 71.2. The van der Waals surface area contributed by atoms with Crippen LogP contribution in [0.4, 0.5) is 5.13 Å². The lowest BCUT2D eigenvalue weighted by molar-refractivity contribution is -0.151. The number of aliphatic carboxylic acids is 2. The molecule has 1 aromatic carbocycles. The van der Waals surface area contributed by atoms with Crippen LogP contribution >= 0.6 is 23.1 Å². The number of carboxylic acids is 2. The van der Waals surface area contributed by atoms with E-state index < -0.39 is 64.5 Å². The number of ether oxygens (including phenoxy) is 1. The number of thiazole rings is 1. The highest BCUT2D eigenvalue weighted by Gasteiger charge is 2.54. The fourth-order valence-corrected chi connectivity index (χ4v) is 5.73. The van der Waals surface area contributed by atoms with Crippen molar-refractivity contribution in [2.24, 2.45) is 5.16 Å². The molecule has 2 aliphatic heterocycles. The molecule has 0 saturated carbocycles. The van der Waals surface area contributed by atoms with Crippen LogP contribution in [0.3, 0.4) is 0 Å². The lowest BCUT2D eigenvalue weighted by Gasteiger charge is -2.49. The Hall–Kier alpha value is -4.84. The summed E-state index contributed by atoms with van der Waals surface area (Å²) >= 11 is 2.08. The van der Waals surface area contributed by atoms with Crippen molar-refractivity contribution in [2.45, 2.75) is 24.4 Å². The molecule has 216 valence electrons. The molecule has 2 aromatic rings. The predicted octanol–water partition coefficient (Wildman–Crippen LogP) is -0.0152. The van der Waals surface area contributed by atoms with Gasteiger partial charge in [-0.05, 0) is 12.1 Å². The van der Waals surface area contributed by atoms with Crippen LogP contribution in [0, 0.1) is 0 Å². The lowest BCUT2D eigenvalue weighted by atomic mass is 10.0. The molecule has 1 fully saturated rings. The number of phenols is 2. The third-order valence-corrected chi connectivity index (χ3v) is 7.76. The van der Waals surface area contributed by atoms with Gasteiger partial charge in [0.2, 0.25) is 6.10 Å². The van der Waals surface area contributed by atoms with Crippen molar-refractivity contribution in [1.29, 1.82) is 0 Å². The first-order valence-corrected chi connectivity index (χ1v) is 13.4. The minimum atomic E-state index is -1.83. The highest BCUT2D eigenvalue weighted by atomic mass is 32.2. The van der Waals surface area contributed by atoms with E-state index in [1.165, 1.54) is 5.38 Å². The second-order valence-electron chi connectivity index (χ2n) is 8.48. The Labute approximate surface area is 238 Å². The molecule has 2 amide bonds. The molecule has 41 heavy (non-hydrogen) atoms. The molecule has 3 atom stereocenters. The fourth-order valence-electron chi connectivity index (χ4n) is 3.85. The molecule has 0 bridgehead atoms. The number of esters is 1.